The molecule has 0 saturated carbocycles. The zero-order chi connectivity index (χ0) is 15.2. The van der Waals surface area contributed by atoms with Crippen molar-refractivity contribution in [2.45, 2.75) is 37.1 Å². The third-order valence-corrected chi connectivity index (χ3v) is 4.30. The quantitative estimate of drug-likeness (QED) is 0.761. The van der Waals surface area contributed by atoms with Crippen LogP contribution in [-0.4, -0.2) is 32.6 Å². The maximum absolute atomic E-state index is 12.1. The number of sulfonamides is 1. The van der Waals surface area contributed by atoms with Gasteiger partial charge < -0.3 is 9.84 Å². The number of carboxylic acids is 1. The lowest BCUT2D eigenvalue weighted by atomic mass is 10.1. The van der Waals surface area contributed by atoms with Crippen molar-refractivity contribution >= 4 is 16.0 Å². The van der Waals surface area contributed by atoms with Crippen LogP contribution in [0.5, 0.6) is 5.75 Å². The summed E-state index contributed by atoms with van der Waals surface area (Å²) < 4.78 is 31.3. The lowest BCUT2D eigenvalue weighted by Crippen LogP contribution is -2.40. The number of carboxylic acid groups (broad SMARTS) is 1. The number of benzene rings is 1. The predicted molar refractivity (Wildman–Crippen MR) is 74.3 cm³/mol. The van der Waals surface area contributed by atoms with Crippen LogP contribution < -0.4 is 9.46 Å². The van der Waals surface area contributed by atoms with Crippen LogP contribution in [0, 0.1) is 0 Å². The lowest BCUT2D eigenvalue weighted by Gasteiger charge is -2.14. The van der Waals surface area contributed by atoms with Gasteiger partial charge in [-0.2, -0.15) is 4.72 Å². The maximum Gasteiger partial charge on any atom is 0.321 e. The summed E-state index contributed by atoms with van der Waals surface area (Å²) in [6, 6.07) is 4.66. The third-order valence-electron chi connectivity index (χ3n) is 2.81. The van der Waals surface area contributed by atoms with Crippen molar-refractivity contribution in [1.82, 2.24) is 4.72 Å². The molecule has 0 amide bonds. The highest BCUT2D eigenvalue weighted by atomic mass is 32.2. The van der Waals surface area contributed by atoms with E-state index in [2.05, 4.69) is 4.72 Å². The van der Waals surface area contributed by atoms with E-state index in [9.17, 15) is 13.2 Å². The molecule has 0 bridgehead atoms. The van der Waals surface area contributed by atoms with Gasteiger partial charge in [0.2, 0.25) is 10.0 Å². The standard InChI is InChI=1S/C13H19NO5S/c1-3-4-5-12(13(15)16)14-20(17,18)11-8-6-10(19-2)7-9-11/h6-9,12,14H,3-5H2,1-2H3,(H,15,16)/t12-/m1/s1. The van der Waals surface area contributed by atoms with Crippen LogP contribution >= 0.6 is 0 Å². The molecule has 7 heteroatoms. The van der Waals surface area contributed by atoms with Gasteiger partial charge in [-0.3, -0.25) is 4.79 Å². The molecule has 0 aliphatic heterocycles. The van der Waals surface area contributed by atoms with Gasteiger partial charge in [0.15, 0.2) is 0 Å². The van der Waals surface area contributed by atoms with Gasteiger partial charge in [0.1, 0.15) is 11.8 Å². The topological polar surface area (TPSA) is 92.7 Å². The molecule has 112 valence electrons. The van der Waals surface area contributed by atoms with Gasteiger partial charge in [-0.15, -0.1) is 0 Å². The van der Waals surface area contributed by atoms with Crippen LogP contribution in [0.2, 0.25) is 0 Å². The van der Waals surface area contributed by atoms with Crippen molar-refractivity contribution in [1.29, 1.82) is 0 Å². The lowest BCUT2D eigenvalue weighted by molar-refractivity contribution is -0.139. The first-order valence-corrected chi connectivity index (χ1v) is 7.78. The number of aliphatic carboxylic acids is 1. The number of unbranched alkanes of at least 4 members (excludes halogenated alkanes) is 1. The van der Waals surface area contributed by atoms with Crippen molar-refractivity contribution < 1.29 is 23.1 Å². The summed E-state index contributed by atoms with van der Waals surface area (Å²) in [5, 5.41) is 9.05. The van der Waals surface area contributed by atoms with Crippen LogP contribution in [-0.2, 0) is 14.8 Å². The number of hydrogen-bond donors (Lipinski definition) is 2. The Bertz CT molecular complexity index is 538. The van der Waals surface area contributed by atoms with E-state index < -0.39 is 22.0 Å². The number of hydrogen-bond acceptors (Lipinski definition) is 4. The molecular weight excluding hydrogens is 282 g/mol. The molecule has 1 aromatic carbocycles. The molecule has 1 rings (SSSR count). The Morgan fingerprint density at radius 1 is 1.35 bits per heavy atom. The summed E-state index contributed by atoms with van der Waals surface area (Å²) in [5.74, 6) is -0.639. The zero-order valence-electron chi connectivity index (χ0n) is 11.5. The molecule has 1 aromatic rings. The molecule has 0 aromatic heterocycles. The molecule has 0 fully saturated rings. The van der Waals surface area contributed by atoms with E-state index in [0.29, 0.717) is 12.2 Å². The molecule has 0 aliphatic carbocycles. The fourth-order valence-electron chi connectivity index (χ4n) is 1.65. The average molecular weight is 301 g/mol. The molecule has 20 heavy (non-hydrogen) atoms. The molecule has 6 nitrogen and oxygen atoms in total. The minimum atomic E-state index is -3.85. The molecule has 0 spiro atoms. The summed E-state index contributed by atoms with van der Waals surface area (Å²) in [6.07, 6.45) is 1.71. The normalized spacial score (nSPS) is 12.9. The molecule has 1 atom stereocenters. The molecular formula is C13H19NO5S. The molecule has 0 unspecified atom stereocenters. The summed E-state index contributed by atoms with van der Waals surface area (Å²) in [4.78, 5) is 11.1. The van der Waals surface area contributed by atoms with Gasteiger partial charge in [0.25, 0.3) is 0 Å². The smallest absolute Gasteiger partial charge is 0.321 e. The number of methoxy groups -OCH3 is 1. The Labute approximate surface area is 118 Å². The molecule has 0 aliphatic rings. The maximum atomic E-state index is 12.1. The second kappa shape index (κ2) is 7.25. The van der Waals surface area contributed by atoms with Crippen LogP contribution in [0.1, 0.15) is 26.2 Å². The fourth-order valence-corrected chi connectivity index (χ4v) is 2.87. The van der Waals surface area contributed by atoms with Crippen LogP contribution in [0.4, 0.5) is 0 Å². The van der Waals surface area contributed by atoms with E-state index in [4.69, 9.17) is 9.84 Å². The first-order valence-electron chi connectivity index (χ1n) is 6.30. The Morgan fingerprint density at radius 3 is 2.40 bits per heavy atom. The van der Waals surface area contributed by atoms with Crippen LogP contribution in [0.15, 0.2) is 29.2 Å². The molecule has 2 N–H and O–H groups in total. The Morgan fingerprint density at radius 2 is 1.95 bits per heavy atom. The SMILES string of the molecule is CCCC[C@@H](NS(=O)(=O)c1ccc(OC)cc1)C(=O)O. The molecule has 0 radical (unpaired) electrons. The first kappa shape index (κ1) is 16.5. The van der Waals surface area contributed by atoms with Crippen LogP contribution in [0.25, 0.3) is 0 Å². The third kappa shape index (κ3) is 4.50. The monoisotopic (exact) mass is 301 g/mol. The van der Waals surface area contributed by atoms with Gasteiger partial charge in [-0.05, 0) is 30.7 Å². The average Bonchev–Trinajstić information content (AvgIpc) is 2.43. The minimum absolute atomic E-state index is 0.0149. The molecule has 0 heterocycles. The Hall–Kier alpha value is -1.60. The highest BCUT2D eigenvalue weighted by molar-refractivity contribution is 7.89. The van der Waals surface area contributed by atoms with Crippen molar-refractivity contribution in [3.63, 3.8) is 0 Å². The summed E-state index contributed by atoms with van der Waals surface area (Å²) in [7, 11) is -2.37. The van der Waals surface area contributed by atoms with Gasteiger partial charge in [-0.1, -0.05) is 19.8 Å². The number of carbonyl (C=O) groups is 1. The van der Waals surface area contributed by atoms with Gasteiger partial charge in [0, 0.05) is 0 Å². The van der Waals surface area contributed by atoms with E-state index in [1.807, 2.05) is 6.92 Å². The van der Waals surface area contributed by atoms with Gasteiger partial charge in [-0.25, -0.2) is 8.42 Å². The number of ether oxygens (including phenoxy) is 1. The van der Waals surface area contributed by atoms with Crippen molar-refractivity contribution in [2.75, 3.05) is 7.11 Å². The first-order chi connectivity index (χ1) is 9.40. The van der Waals surface area contributed by atoms with Crippen molar-refractivity contribution in [2.24, 2.45) is 0 Å². The van der Waals surface area contributed by atoms with Crippen molar-refractivity contribution in [3.8, 4) is 5.75 Å². The highest BCUT2D eigenvalue weighted by Crippen LogP contribution is 2.16. The van der Waals surface area contributed by atoms with Gasteiger partial charge in [0.05, 0.1) is 12.0 Å². The fraction of sp³-hybridized carbons (Fsp3) is 0.462. The largest absolute Gasteiger partial charge is 0.497 e. The Kier molecular flexibility index (Phi) is 5.97. The zero-order valence-corrected chi connectivity index (χ0v) is 12.3. The van der Waals surface area contributed by atoms with Gasteiger partial charge >= 0.3 is 5.97 Å². The number of rotatable bonds is 8. The second-order valence-corrected chi connectivity index (χ2v) is 6.04. The van der Waals surface area contributed by atoms with E-state index in [-0.39, 0.29) is 11.3 Å². The highest BCUT2D eigenvalue weighted by Gasteiger charge is 2.24. The summed E-state index contributed by atoms with van der Waals surface area (Å²) >= 11 is 0. The minimum Gasteiger partial charge on any atom is -0.497 e. The van der Waals surface area contributed by atoms with E-state index in [1.54, 1.807) is 0 Å². The van der Waals surface area contributed by atoms with Crippen LogP contribution in [0.3, 0.4) is 0 Å². The summed E-state index contributed by atoms with van der Waals surface area (Å²) in [6.45, 7) is 1.91. The Balaban J connectivity index is 2.88. The number of nitrogens with one attached hydrogen (secondary N) is 1. The van der Waals surface area contributed by atoms with Crippen molar-refractivity contribution in [3.05, 3.63) is 24.3 Å². The van der Waals surface area contributed by atoms with E-state index in [0.717, 1.165) is 6.42 Å². The predicted octanol–water partition coefficient (Wildman–Crippen LogP) is 1.62. The summed E-state index contributed by atoms with van der Waals surface area (Å²) in [5.41, 5.74) is 0. The molecule has 0 saturated heterocycles. The second-order valence-electron chi connectivity index (χ2n) is 4.33. The van der Waals surface area contributed by atoms with E-state index in [1.165, 1.54) is 31.4 Å². The van der Waals surface area contributed by atoms with E-state index >= 15 is 0 Å².